The van der Waals surface area contributed by atoms with Crippen LogP contribution in [0.4, 0.5) is 4.79 Å². The number of ether oxygens (including phenoxy) is 2. The molecule has 2 atom stereocenters. The van der Waals surface area contributed by atoms with Crippen molar-refractivity contribution in [2.24, 2.45) is 24.3 Å². The summed E-state index contributed by atoms with van der Waals surface area (Å²) in [6.45, 7) is 13.9. The van der Waals surface area contributed by atoms with E-state index in [1.807, 2.05) is 69.9 Å². The Kier molecular flexibility index (Phi) is 8.15. The number of nitrogens with zero attached hydrogens (tertiary/aromatic N) is 3. The topological polar surface area (TPSA) is 95.4 Å². The maximum absolute atomic E-state index is 13.6. The highest BCUT2D eigenvalue weighted by Gasteiger charge is 2.35. The average Bonchev–Trinajstić information content (AvgIpc) is 3.35. The molecule has 9 heteroatoms. The molecule has 2 aromatic heterocycles. The number of hydrogen-bond donors (Lipinski definition) is 1. The van der Waals surface area contributed by atoms with Crippen LogP contribution in [0, 0.1) is 24.2 Å². The molecule has 0 saturated carbocycles. The van der Waals surface area contributed by atoms with Gasteiger partial charge in [-0.2, -0.15) is 4.57 Å². The zero-order valence-corrected chi connectivity index (χ0v) is 25.0. The van der Waals surface area contributed by atoms with Crippen molar-refractivity contribution in [3.05, 3.63) is 53.7 Å². The lowest BCUT2D eigenvalue weighted by molar-refractivity contribution is -0.732. The van der Waals surface area contributed by atoms with Crippen molar-refractivity contribution >= 4 is 28.7 Å². The number of aromatic nitrogens is 3. The molecule has 1 amide bonds. The predicted molar refractivity (Wildman–Crippen MR) is 152 cm³/mol. The van der Waals surface area contributed by atoms with E-state index in [9.17, 15) is 14.4 Å². The molecule has 1 aliphatic carbocycles. The number of hydrogen-bond acceptors (Lipinski definition) is 5. The number of aryl methyl sites for hydroxylation is 1. The molecular formula is C31H43N4O5+. The average molecular weight is 552 g/mol. The van der Waals surface area contributed by atoms with Gasteiger partial charge in [0.05, 0.1) is 11.8 Å². The highest BCUT2D eigenvalue weighted by molar-refractivity contribution is 6.11. The second-order valence-electron chi connectivity index (χ2n) is 12.9. The van der Waals surface area contributed by atoms with Crippen molar-refractivity contribution in [3.63, 3.8) is 0 Å². The molecule has 2 unspecified atom stereocenters. The van der Waals surface area contributed by atoms with Crippen LogP contribution >= 0.6 is 0 Å². The van der Waals surface area contributed by atoms with Gasteiger partial charge in [-0.25, -0.2) is 9.36 Å². The molecule has 1 N–H and O–H groups in total. The second-order valence-corrected chi connectivity index (χ2v) is 12.9. The fourth-order valence-electron chi connectivity index (χ4n) is 5.42. The summed E-state index contributed by atoms with van der Waals surface area (Å²) in [5, 5.41) is 3.73. The maximum Gasteiger partial charge on any atom is 0.407 e. The van der Waals surface area contributed by atoms with Gasteiger partial charge in [0.2, 0.25) is 6.73 Å². The van der Waals surface area contributed by atoms with Crippen molar-refractivity contribution in [2.75, 3.05) is 6.54 Å². The van der Waals surface area contributed by atoms with Gasteiger partial charge < -0.3 is 19.4 Å². The molecular weight excluding hydrogens is 508 g/mol. The van der Waals surface area contributed by atoms with Crippen LogP contribution in [0.1, 0.15) is 69.8 Å². The van der Waals surface area contributed by atoms with Gasteiger partial charge in [-0.1, -0.05) is 39.0 Å². The summed E-state index contributed by atoms with van der Waals surface area (Å²) in [7, 11) is 2.03. The Morgan fingerprint density at radius 2 is 1.85 bits per heavy atom. The Morgan fingerprint density at radius 3 is 2.52 bits per heavy atom. The maximum atomic E-state index is 13.6. The first-order valence-electron chi connectivity index (χ1n) is 14.0. The van der Waals surface area contributed by atoms with E-state index >= 15 is 0 Å². The standard InChI is InChI=1S/C31H42N4O5/c1-20-34(18-21-13-14-25-26(27(21)36)22-11-9-10-12-24(22)33(25)8)15-16-35(20)19-39-28(37)23(30(2,3)4)17-32-29(38)40-31(5,6)7/h9-12,15-16,21,23H,13-14,17-19H2,1-8H3/p+1. The largest absolute Gasteiger partial charge is 0.444 e. The molecule has 9 nitrogen and oxygen atoms in total. The van der Waals surface area contributed by atoms with Gasteiger partial charge in [-0.05, 0) is 45.1 Å². The number of esters is 1. The number of fused-ring (bicyclic) bond motifs is 3. The number of rotatable bonds is 7. The Hall–Kier alpha value is -3.62. The third-order valence-corrected chi connectivity index (χ3v) is 7.78. The Labute approximate surface area is 236 Å². The number of alkyl carbamates (subject to hydrolysis) is 1. The molecule has 2 heterocycles. The van der Waals surface area contributed by atoms with Crippen molar-refractivity contribution in [1.29, 1.82) is 0 Å². The first-order valence-corrected chi connectivity index (χ1v) is 14.0. The molecule has 0 spiro atoms. The molecule has 216 valence electrons. The number of Topliss-reactive ketones (excluding diaryl/α,β-unsaturated/α-hetero) is 1. The molecule has 0 bridgehead atoms. The highest BCUT2D eigenvalue weighted by Crippen LogP contribution is 2.34. The van der Waals surface area contributed by atoms with E-state index < -0.39 is 29.0 Å². The Morgan fingerprint density at radius 1 is 1.15 bits per heavy atom. The third kappa shape index (κ3) is 6.24. The first kappa shape index (κ1) is 29.4. The van der Waals surface area contributed by atoms with Gasteiger partial charge in [0.1, 0.15) is 24.5 Å². The van der Waals surface area contributed by atoms with Crippen molar-refractivity contribution in [1.82, 2.24) is 14.5 Å². The van der Waals surface area contributed by atoms with Crippen LogP contribution in [0.2, 0.25) is 0 Å². The van der Waals surface area contributed by atoms with Gasteiger partial charge in [-0.3, -0.25) is 9.59 Å². The number of nitrogens with one attached hydrogen (secondary N) is 1. The van der Waals surface area contributed by atoms with Crippen LogP contribution in [0.25, 0.3) is 10.9 Å². The van der Waals surface area contributed by atoms with Crippen molar-refractivity contribution in [2.45, 2.75) is 80.2 Å². The summed E-state index contributed by atoms with van der Waals surface area (Å²) in [6, 6.07) is 8.09. The molecule has 0 fully saturated rings. The van der Waals surface area contributed by atoms with Crippen molar-refractivity contribution in [3.8, 4) is 0 Å². The lowest BCUT2D eigenvalue weighted by Gasteiger charge is -2.29. The molecule has 1 aromatic carbocycles. The van der Waals surface area contributed by atoms with Gasteiger partial charge in [-0.15, -0.1) is 0 Å². The van der Waals surface area contributed by atoms with Crippen LogP contribution < -0.4 is 9.88 Å². The van der Waals surface area contributed by atoms with E-state index in [1.165, 1.54) is 0 Å². The molecule has 3 aromatic rings. The summed E-state index contributed by atoms with van der Waals surface area (Å²) < 4.78 is 17.1. The van der Waals surface area contributed by atoms with E-state index in [1.54, 1.807) is 20.8 Å². The molecule has 0 radical (unpaired) electrons. The van der Waals surface area contributed by atoms with Gasteiger partial charge in [0.15, 0.2) is 5.78 Å². The normalized spacial score (nSPS) is 16.5. The minimum absolute atomic E-state index is 0.0444. The number of amides is 1. The smallest absolute Gasteiger partial charge is 0.407 e. The van der Waals surface area contributed by atoms with Gasteiger partial charge in [0.25, 0.3) is 5.82 Å². The lowest BCUT2D eigenvalue weighted by atomic mass is 9.80. The van der Waals surface area contributed by atoms with Crippen LogP contribution in [-0.4, -0.2) is 39.1 Å². The first-order chi connectivity index (χ1) is 18.7. The zero-order chi connectivity index (χ0) is 29.4. The zero-order valence-electron chi connectivity index (χ0n) is 25.0. The highest BCUT2D eigenvalue weighted by atomic mass is 16.6. The van der Waals surface area contributed by atoms with E-state index in [2.05, 4.69) is 20.5 Å². The molecule has 4 rings (SSSR count). The number of carbonyl (C=O) groups excluding carboxylic acids is 3. The van der Waals surface area contributed by atoms with E-state index in [0.29, 0.717) is 6.54 Å². The summed E-state index contributed by atoms with van der Waals surface area (Å²) >= 11 is 0. The van der Waals surface area contributed by atoms with Gasteiger partial charge in [0, 0.05) is 42.7 Å². The minimum atomic E-state index is -0.622. The SMILES string of the molecule is Cc1n(CC2CCc3c(c4ccccc4n3C)C2=O)cc[n+]1COC(=O)C(CNC(=O)OC(C)(C)C)C(C)(C)C. The van der Waals surface area contributed by atoms with E-state index in [-0.39, 0.29) is 25.0 Å². The van der Waals surface area contributed by atoms with Crippen LogP contribution in [0.5, 0.6) is 0 Å². The monoisotopic (exact) mass is 551 g/mol. The van der Waals surface area contributed by atoms with Gasteiger partial charge >= 0.3 is 12.1 Å². The van der Waals surface area contributed by atoms with E-state index in [4.69, 9.17) is 9.47 Å². The van der Waals surface area contributed by atoms with Crippen LogP contribution in [0.3, 0.4) is 0 Å². The van der Waals surface area contributed by atoms with Crippen LogP contribution in [-0.2, 0) is 41.0 Å². The summed E-state index contributed by atoms with van der Waals surface area (Å²) in [4.78, 5) is 38.8. The number of benzene rings is 1. The third-order valence-electron chi connectivity index (χ3n) is 7.78. The Bertz CT molecular complexity index is 1420. The summed E-state index contributed by atoms with van der Waals surface area (Å²) in [6.07, 6.45) is 4.88. The number of ketones is 1. The molecule has 0 saturated heterocycles. The number of imidazole rings is 1. The number of para-hydroxylation sites is 1. The van der Waals surface area contributed by atoms with Crippen LogP contribution in [0.15, 0.2) is 36.7 Å². The summed E-state index contributed by atoms with van der Waals surface area (Å²) in [5.74, 6) is 0.00894. The second kappa shape index (κ2) is 11.1. The molecule has 40 heavy (non-hydrogen) atoms. The van der Waals surface area contributed by atoms with Crippen molar-refractivity contribution < 1.29 is 28.4 Å². The summed E-state index contributed by atoms with van der Waals surface area (Å²) in [5.41, 5.74) is 2.01. The fourth-order valence-corrected chi connectivity index (χ4v) is 5.42. The predicted octanol–water partition coefficient (Wildman–Crippen LogP) is 4.71. The Balaban J connectivity index is 1.40. The fraction of sp³-hybridized carbons (Fsp3) is 0.548. The quantitative estimate of drug-likeness (QED) is 0.339. The lowest BCUT2D eigenvalue weighted by Crippen LogP contribution is -2.44. The number of carbonyl (C=O) groups is 3. The molecule has 1 aliphatic rings. The van der Waals surface area contributed by atoms with E-state index in [0.717, 1.165) is 40.8 Å². The minimum Gasteiger partial charge on any atom is -0.444 e. The molecule has 0 aliphatic heterocycles.